The van der Waals surface area contributed by atoms with E-state index in [4.69, 9.17) is 5.11 Å². The molecule has 0 aliphatic rings. The molecule has 0 fully saturated rings. The summed E-state index contributed by atoms with van der Waals surface area (Å²) in [7, 11) is 0. The molecule has 2 aromatic rings. The molecule has 1 aromatic carbocycles. The van der Waals surface area contributed by atoms with E-state index in [1.165, 1.54) is 35.0 Å². The topological polar surface area (TPSA) is 125 Å². The number of halogens is 1. The first-order valence-corrected chi connectivity index (χ1v) is 11.1. The summed E-state index contributed by atoms with van der Waals surface area (Å²) in [6.07, 6.45) is 1.83. The van der Waals surface area contributed by atoms with Crippen molar-refractivity contribution in [3.05, 3.63) is 53.1 Å². The molecular formula is C24H32FN3O5. The average Bonchev–Trinajstić information content (AvgIpc) is 3.12. The van der Waals surface area contributed by atoms with Crippen LogP contribution in [0.3, 0.4) is 0 Å². The summed E-state index contributed by atoms with van der Waals surface area (Å²) < 4.78 is 15.0. The molecule has 33 heavy (non-hydrogen) atoms. The number of benzene rings is 1. The van der Waals surface area contributed by atoms with Gasteiger partial charge in [-0.3, -0.25) is 9.59 Å². The van der Waals surface area contributed by atoms with Gasteiger partial charge in [-0.2, -0.15) is 5.10 Å². The fourth-order valence-corrected chi connectivity index (χ4v) is 3.43. The number of carbonyl (C=O) groups excluding carboxylic acids is 1. The monoisotopic (exact) mass is 461 g/mol. The Morgan fingerprint density at radius 2 is 1.88 bits per heavy atom. The highest BCUT2D eigenvalue weighted by atomic mass is 19.1. The number of aliphatic hydroxyl groups is 2. The first kappa shape index (κ1) is 26.2. The van der Waals surface area contributed by atoms with Gasteiger partial charge in [-0.25, -0.2) is 9.07 Å². The number of rotatable bonds is 12. The molecule has 4 N–H and O–H groups in total. The fraction of sp³-hybridized carbons (Fsp3) is 0.458. The minimum Gasteiger partial charge on any atom is -0.481 e. The van der Waals surface area contributed by atoms with Gasteiger partial charge >= 0.3 is 5.97 Å². The number of nitrogens with one attached hydrogen (secondary N) is 1. The van der Waals surface area contributed by atoms with E-state index in [9.17, 15) is 24.2 Å². The van der Waals surface area contributed by atoms with Crippen LogP contribution in [-0.4, -0.2) is 55.7 Å². The van der Waals surface area contributed by atoms with Crippen LogP contribution >= 0.6 is 0 Å². The smallest absolute Gasteiger partial charge is 0.305 e. The average molecular weight is 462 g/mol. The van der Waals surface area contributed by atoms with E-state index in [2.05, 4.69) is 10.4 Å². The lowest BCUT2D eigenvalue weighted by molar-refractivity contribution is -0.139. The Labute approximate surface area is 192 Å². The second kappa shape index (κ2) is 12.3. The molecule has 180 valence electrons. The molecule has 0 spiro atoms. The predicted molar refractivity (Wildman–Crippen MR) is 123 cm³/mol. The maximum absolute atomic E-state index is 13.5. The second-order valence-corrected chi connectivity index (χ2v) is 8.21. The third-order valence-electron chi connectivity index (χ3n) is 5.04. The van der Waals surface area contributed by atoms with Crippen LogP contribution in [0.4, 0.5) is 4.39 Å². The highest BCUT2D eigenvalue weighted by Gasteiger charge is 2.25. The van der Waals surface area contributed by atoms with Crippen molar-refractivity contribution in [1.82, 2.24) is 15.1 Å². The second-order valence-electron chi connectivity index (χ2n) is 8.21. The Bertz CT molecular complexity index is 969. The molecule has 2 atom stereocenters. The number of carboxylic acid groups (broad SMARTS) is 1. The number of aliphatic hydroxyl groups excluding tert-OH is 2. The number of nitrogens with zero attached hydrogens (tertiary/aromatic N) is 2. The van der Waals surface area contributed by atoms with Gasteiger partial charge in [0, 0.05) is 18.5 Å². The van der Waals surface area contributed by atoms with E-state index in [1.807, 2.05) is 20.8 Å². The molecule has 2 unspecified atom stereocenters. The number of unbranched alkanes of at least 4 members (excludes halogenated alkanes) is 1. The Balaban J connectivity index is 2.47. The van der Waals surface area contributed by atoms with Gasteiger partial charge in [-0.15, -0.1) is 0 Å². The summed E-state index contributed by atoms with van der Waals surface area (Å²) >= 11 is 0. The number of carboxylic acids is 1. The maximum atomic E-state index is 13.5. The van der Waals surface area contributed by atoms with Crippen LogP contribution in [0, 0.1) is 5.82 Å². The summed E-state index contributed by atoms with van der Waals surface area (Å²) in [4.78, 5) is 23.6. The fourth-order valence-electron chi connectivity index (χ4n) is 3.43. The predicted octanol–water partition coefficient (Wildman–Crippen LogP) is 3.26. The van der Waals surface area contributed by atoms with Crippen LogP contribution < -0.4 is 5.32 Å². The number of amides is 1. The van der Waals surface area contributed by atoms with Gasteiger partial charge in [0.05, 0.1) is 30.0 Å². The maximum Gasteiger partial charge on any atom is 0.305 e. The molecule has 1 amide bonds. The number of hydrogen-bond donors (Lipinski definition) is 4. The highest BCUT2D eigenvalue weighted by Crippen LogP contribution is 2.28. The summed E-state index contributed by atoms with van der Waals surface area (Å²) in [5.41, 5.74) is 1.96. The zero-order chi connectivity index (χ0) is 24.5. The minimum absolute atomic E-state index is 0.0967. The van der Waals surface area contributed by atoms with Gasteiger partial charge in [0.25, 0.3) is 5.91 Å². The zero-order valence-corrected chi connectivity index (χ0v) is 19.2. The van der Waals surface area contributed by atoms with Crippen LogP contribution in [0.1, 0.15) is 74.1 Å². The molecule has 0 aliphatic heterocycles. The van der Waals surface area contributed by atoms with E-state index in [0.29, 0.717) is 23.5 Å². The van der Waals surface area contributed by atoms with Crippen molar-refractivity contribution < 1.29 is 29.3 Å². The molecule has 0 bridgehead atoms. The first-order chi connectivity index (χ1) is 15.6. The molecular weight excluding hydrogens is 429 g/mol. The first-order valence-electron chi connectivity index (χ1n) is 11.1. The third kappa shape index (κ3) is 7.50. The number of aromatic nitrogens is 2. The van der Waals surface area contributed by atoms with Crippen molar-refractivity contribution in [1.29, 1.82) is 0 Å². The Hall–Kier alpha value is -3.04. The molecule has 9 heteroatoms. The molecule has 2 rings (SSSR count). The largest absolute Gasteiger partial charge is 0.481 e. The van der Waals surface area contributed by atoms with Gasteiger partial charge in [0.2, 0.25) is 0 Å². The van der Waals surface area contributed by atoms with E-state index < -0.39 is 30.4 Å². The van der Waals surface area contributed by atoms with E-state index >= 15 is 0 Å². The zero-order valence-electron chi connectivity index (χ0n) is 19.2. The summed E-state index contributed by atoms with van der Waals surface area (Å²) in [5.74, 6) is -1.98. The van der Waals surface area contributed by atoms with Crippen molar-refractivity contribution in [3.63, 3.8) is 0 Å². The van der Waals surface area contributed by atoms with E-state index in [1.54, 1.807) is 6.08 Å². The molecule has 1 aromatic heterocycles. The molecule has 1 heterocycles. The Morgan fingerprint density at radius 1 is 1.21 bits per heavy atom. The van der Waals surface area contributed by atoms with Gasteiger partial charge in [0.15, 0.2) is 5.69 Å². The van der Waals surface area contributed by atoms with Gasteiger partial charge in [-0.1, -0.05) is 33.3 Å². The molecule has 0 aliphatic carbocycles. The standard InChI is InChI=1S/C24H32FN3O5/c1-4-5-12-26-24(33)23-22(15(2)3)20(11-10-18(29)13-19(30)14-21(31)32)28(27-23)17-8-6-16(25)7-9-17/h6-11,15,18-19,29-30H,4-5,12-14H2,1-3H3,(H,26,33)(H,31,32). The SMILES string of the molecule is CCCCNC(=O)c1nn(-c2ccc(F)cc2)c(C=CC(O)CC(O)CC(=O)O)c1C(C)C. The number of hydrogen-bond acceptors (Lipinski definition) is 5. The lowest BCUT2D eigenvalue weighted by atomic mass is 9.98. The van der Waals surface area contributed by atoms with Crippen molar-refractivity contribution in [3.8, 4) is 5.69 Å². The summed E-state index contributed by atoms with van der Waals surface area (Å²) in [6.45, 7) is 6.37. The normalized spacial score (nSPS) is 13.4. The number of carbonyl (C=O) groups is 2. The third-order valence-corrected chi connectivity index (χ3v) is 5.04. The van der Waals surface area contributed by atoms with E-state index in [0.717, 1.165) is 12.8 Å². The van der Waals surface area contributed by atoms with Crippen molar-refractivity contribution in [2.24, 2.45) is 0 Å². The van der Waals surface area contributed by atoms with Crippen LogP contribution in [0.25, 0.3) is 11.8 Å². The van der Waals surface area contributed by atoms with Gasteiger partial charge < -0.3 is 20.6 Å². The molecule has 0 saturated heterocycles. The Morgan fingerprint density at radius 3 is 2.45 bits per heavy atom. The Kier molecular flexibility index (Phi) is 9.74. The summed E-state index contributed by atoms with van der Waals surface area (Å²) in [6, 6.07) is 5.65. The minimum atomic E-state index is -1.20. The molecule has 0 saturated carbocycles. The quantitative estimate of drug-likeness (QED) is 0.360. The van der Waals surface area contributed by atoms with Crippen LogP contribution in [0.2, 0.25) is 0 Å². The van der Waals surface area contributed by atoms with Crippen LogP contribution in [0.5, 0.6) is 0 Å². The van der Waals surface area contributed by atoms with E-state index in [-0.39, 0.29) is 23.9 Å². The summed E-state index contributed by atoms with van der Waals surface area (Å²) in [5, 5.41) is 36.2. The van der Waals surface area contributed by atoms with Gasteiger partial charge in [0.1, 0.15) is 5.82 Å². The van der Waals surface area contributed by atoms with Crippen LogP contribution in [-0.2, 0) is 4.79 Å². The van der Waals surface area contributed by atoms with Crippen molar-refractivity contribution >= 4 is 18.0 Å². The molecule has 0 radical (unpaired) electrons. The molecule has 8 nitrogen and oxygen atoms in total. The lowest BCUT2D eigenvalue weighted by Gasteiger charge is -2.12. The van der Waals surface area contributed by atoms with Crippen LogP contribution in [0.15, 0.2) is 30.3 Å². The number of aliphatic carboxylic acids is 1. The highest BCUT2D eigenvalue weighted by molar-refractivity contribution is 5.95. The van der Waals surface area contributed by atoms with Crippen molar-refractivity contribution in [2.75, 3.05) is 6.54 Å². The lowest BCUT2D eigenvalue weighted by Crippen LogP contribution is -2.26. The van der Waals surface area contributed by atoms with Crippen molar-refractivity contribution in [2.45, 2.75) is 64.6 Å². The van der Waals surface area contributed by atoms with Gasteiger partial charge in [-0.05, 0) is 42.7 Å².